The van der Waals surface area contributed by atoms with E-state index in [-0.39, 0.29) is 34.8 Å². The number of nitrogens with zero attached hydrogens (tertiary/aromatic N) is 1. The average Bonchev–Trinajstić information content (AvgIpc) is 2.68. The molecule has 0 radical (unpaired) electrons. The van der Waals surface area contributed by atoms with E-state index in [0.29, 0.717) is 5.56 Å². The van der Waals surface area contributed by atoms with Crippen molar-refractivity contribution < 1.29 is 52.3 Å². The molecule has 1 amide bonds. The number of ketones is 2. The summed E-state index contributed by atoms with van der Waals surface area (Å²) in [5.74, 6) is -6.78. The maximum atomic E-state index is 13.2. The summed E-state index contributed by atoms with van der Waals surface area (Å²) in [6.07, 6.45) is 0.252. The van der Waals surface area contributed by atoms with Crippen LogP contribution in [0.5, 0.6) is 5.75 Å². The lowest BCUT2D eigenvalue weighted by Gasteiger charge is -2.50. The van der Waals surface area contributed by atoms with E-state index < -0.39 is 68.4 Å². The molecule has 0 saturated carbocycles. The van der Waals surface area contributed by atoms with Crippen molar-refractivity contribution in [2.75, 3.05) is 14.1 Å². The van der Waals surface area contributed by atoms with Gasteiger partial charge in [-0.15, -0.1) is 0 Å². The number of hydrogen-bond acceptors (Lipinski definition) is 10. The third-order valence-corrected chi connectivity index (χ3v) is 6.71. The fourth-order valence-corrected chi connectivity index (χ4v) is 5.47. The van der Waals surface area contributed by atoms with Gasteiger partial charge in [0, 0.05) is 16.5 Å². The van der Waals surface area contributed by atoms with E-state index in [0.717, 1.165) is 0 Å². The number of fused-ring (bicyclic) bond motifs is 3. The Balaban J connectivity index is 0.000000658. The number of carbonyl (C=O) groups is 3. The molecule has 196 valence electrons. The molecule has 3 aliphatic rings. The summed E-state index contributed by atoms with van der Waals surface area (Å²) in [6, 6.07) is 1.72. The zero-order valence-corrected chi connectivity index (χ0v) is 20.4. The number of nitrogens with two attached hydrogens (primary N) is 1. The predicted molar refractivity (Wildman–Crippen MR) is 123 cm³/mol. The minimum atomic E-state index is -4.67. The van der Waals surface area contributed by atoms with Gasteiger partial charge >= 0.3 is 10.4 Å². The van der Waals surface area contributed by atoms with Crippen LogP contribution in [0.2, 0.25) is 5.02 Å². The Hall–Kier alpha value is -3.01. The topological polar surface area (TPSA) is 236 Å². The normalized spacial score (nSPS) is 27.7. The molecule has 0 heterocycles. The van der Waals surface area contributed by atoms with Crippen molar-refractivity contribution >= 4 is 39.5 Å². The first-order valence-corrected chi connectivity index (χ1v) is 12.0. The van der Waals surface area contributed by atoms with Gasteiger partial charge in [-0.1, -0.05) is 11.6 Å². The molecule has 0 saturated heterocycles. The standard InChI is InChI=1S/C21H21ClN2O7.H2O4S/c1-24(2)15-10-5-8-3-7-4-9(22)6-11(25)12(7)16(26)13(8)18(28)21(10,31)19(29)14(17(15)27)20(23)30;1-5(2,3)4/h4,6,8,10,15,25,27-28,31H,3,5H2,1-2H3,(H2,23,30);(H2,1,2,3,4). The van der Waals surface area contributed by atoms with Crippen LogP contribution < -0.4 is 5.73 Å². The van der Waals surface area contributed by atoms with Crippen LogP contribution >= 0.6 is 11.6 Å². The smallest absolute Gasteiger partial charge is 0.394 e. The number of hydrogen-bond donors (Lipinski definition) is 7. The molecule has 4 atom stereocenters. The summed E-state index contributed by atoms with van der Waals surface area (Å²) >= 11 is 6.01. The van der Waals surface area contributed by atoms with Crippen LogP contribution in [0.3, 0.4) is 0 Å². The Morgan fingerprint density at radius 3 is 2.22 bits per heavy atom. The number of aliphatic hydroxyl groups is 3. The van der Waals surface area contributed by atoms with E-state index >= 15 is 0 Å². The van der Waals surface area contributed by atoms with Gasteiger partial charge in [0.2, 0.25) is 5.78 Å². The van der Waals surface area contributed by atoms with Crippen LogP contribution in [0.15, 0.2) is 34.8 Å². The van der Waals surface area contributed by atoms with Crippen LogP contribution in [0, 0.1) is 11.8 Å². The number of Topliss-reactive ketones (excluding diaryl/α,β-unsaturated/α-hetero) is 2. The quantitative estimate of drug-likeness (QED) is 0.193. The molecule has 0 aliphatic heterocycles. The SMILES string of the molecule is CN(C)C1C(O)=C(C(N)=O)C(=O)C2(O)C(O)=C3C(=O)c4c(O)cc(Cl)cc4CC3CC12.O=S(=O)(O)O. The summed E-state index contributed by atoms with van der Waals surface area (Å²) in [7, 11) is -1.52. The van der Waals surface area contributed by atoms with Gasteiger partial charge in [-0.25, -0.2) is 0 Å². The zero-order valence-electron chi connectivity index (χ0n) is 18.8. The second-order valence-electron chi connectivity index (χ2n) is 8.87. The summed E-state index contributed by atoms with van der Waals surface area (Å²) in [4.78, 5) is 39.7. The molecular weight excluding hydrogens is 524 g/mol. The van der Waals surface area contributed by atoms with E-state index in [4.69, 9.17) is 34.9 Å². The van der Waals surface area contributed by atoms with Gasteiger partial charge in [-0.05, 0) is 50.6 Å². The molecule has 4 unspecified atom stereocenters. The predicted octanol–water partition coefficient (Wildman–Crippen LogP) is 0.121. The lowest BCUT2D eigenvalue weighted by molar-refractivity contribution is -0.148. The Labute approximate surface area is 209 Å². The highest BCUT2D eigenvalue weighted by Gasteiger charge is 2.63. The highest BCUT2D eigenvalue weighted by molar-refractivity contribution is 7.79. The highest BCUT2D eigenvalue weighted by atomic mass is 35.5. The fraction of sp³-hybridized carbons (Fsp3) is 0.381. The van der Waals surface area contributed by atoms with Crippen LogP contribution in [0.4, 0.5) is 0 Å². The van der Waals surface area contributed by atoms with E-state index in [9.17, 15) is 34.8 Å². The van der Waals surface area contributed by atoms with Crippen LogP contribution in [-0.2, 0) is 26.4 Å². The number of aliphatic hydroxyl groups excluding tert-OH is 2. The molecule has 0 fully saturated rings. The van der Waals surface area contributed by atoms with Gasteiger partial charge in [-0.2, -0.15) is 8.42 Å². The third kappa shape index (κ3) is 4.47. The Bertz CT molecular complexity index is 1340. The zero-order chi connectivity index (χ0) is 27.5. The van der Waals surface area contributed by atoms with Crippen LogP contribution in [-0.4, -0.2) is 86.1 Å². The number of benzene rings is 1. The summed E-state index contributed by atoms with van der Waals surface area (Å²) in [5, 5.41) is 43.6. The molecule has 3 aliphatic carbocycles. The van der Waals surface area contributed by atoms with E-state index in [1.807, 2.05) is 0 Å². The van der Waals surface area contributed by atoms with Gasteiger partial charge in [0.15, 0.2) is 11.4 Å². The number of rotatable bonds is 2. The van der Waals surface area contributed by atoms with Crippen molar-refractivity contribution in [1.82, 2.24) is 4.90 Å². The molecule has 0 bridgehead atoms. The molecule has 1 aromatic rings. The summed E-state index contributed by atoms with van der Waals surface area (Å²) in [5.41, 5.74) is 2.03. The maximum absolute atomic E-state index is 13.2. The van der Waals surface area contributed by atoms with Crippen molar-refractivity contribution in [2.45, 2.75) is 24.5 Å². The fourth-order valence-electron chi connectivity index (χ4n) is 5.24. The number of amides is 1. The second kappa shape index (κ2) is 9.14. The van der Waals surface area contributed by atoms with Gasteiger partial charge < -0.3 is 26.2 Å². The van der Waals surface area contributed by atoms with Gasteiger partial charge in [0.05, 0.1) is 11.6 Å². The minimum Gasteiger partial charge on any atom is -0.510 e. The van der Waals surface area contributed by atoms with E-state index in [1.54, 1.807) is 20.2 Å². The number of likely N-dealkylation sites (N-methyl/N-ethyl adjacent to an activating group) is 1. The van der Waals surface area contributed by atoms with Crippen molar-refractivity contribution in [3.05, 3.63) is 50.9 Å². The van der Waals surface area contributed by atoms with Gasteiger partial charge in [-0.3, -0.25) is 28.4 Å². The van der Waals surface area contributed by atoms with Crippen molar-refractivity contribution in [2.24, 2.45) is 17.6 Å². The van der Waals surface area contributed by atoms with Crippen molar-refractivity contribution in [1.29, 1.82) is 0 Å². The van der Waals surface area contributed by atoms with Gasteiger partial charge in [0.1, 0.15) is 22.8 Å². The first-order chi connectivity index (χ1) is 16.4. The molecule has 36 heavy (non-hydrogen) atoms. The largest absolute Gasteiger partial charge is 0.510 e. The number of allylic oxidation sites excluding steroid dienone is 1. The van der Waals surface area contributed by atoms with E-state index in [2.05, 4.69) is 0 Å². The van der Waals surface area contributed by atoms with Gasteiger partial charge in [0.25, 0.3) is 5.91 Å². The number of primary amides is 1. The molecule has 0 aromatic heterocycles. The minimum absolute atomic E-state index is 0.0407. The Morgan fingerprint density at radius 2 is 1.72 bits per heavy atom. The lowest BCUT2D eigenvalue weighted by Crippen LogP contribution is -2.63. The molecule has 4 rings (SSSR count). The number of carbonyl (C=O) groups excluding carboxylic acids is 3. The molecule has 15 heteroatoms. The molecule has 1 aromatic carbocycles. The van der Waals surface area contributed by atoms with Crippen LogP contribution in [0.25, 0.3) is 0 Å². The molecule has 13 nitrogen and oxygen atoms in total. The molecule has 0 spiro atoms. The maximum Gasteiger partial charge on any atom is 0.394 e. The monoisotopic (exact) mass is 546 g/mol. The molecular formula is C21H23ClN2O11S. The lowest BCUT2D eigenvalue weighted by atomic mass is 9.58. The highest BCUT2D eigenvalue weighted by Crippen LogP contribution is 2.52. The van der Waals surface area contributed by atoms with Crippen molar-refractivity contribution in [3.8, 4) is 5.75 Å². The molecule has 8 N–H and O–H groups in total. The summed E-state index contributed by atoms with van der Waals surface area (Å²) < 4.78 is 31.6. The first kappa shape index (κ1) is 27.6. The number of halogens is 1. The summed E-state index contributed by atoms with van der Waals surface area (Å²) in [6.45, 7) is 0. The Kier molecular flexibility index (Phi) is 7.00. The third-order valence-electron chi connectivity index (χ3n) is 6.49. The average molecular weight is 547 g/mol. The number of phenolic OH excluding ortho intramolecular Hbond substituents is 1. The van der Waals surface area contributed by atoms with Crippen LogP contribution in [0.1, 0.15) is 22.3 Å². The Morgan fingerprint density at radius 1 is 1.17 bits per heavy atom. The number of phenols is 1. The second-order valence-corrected chi connectivity index (χ2v) is 10.2. The van der Waals surface area contributed by atoms with Crippen molar-refractivity contribution in [3.63, 3.8) is 0 Å². The number of aromatic hydroxyl groups is 1. The van der Waals surface area contributed by atoms with E-state index in [1.165, 1.54) is 11.0 Å². The first-order valence-electron chi connectivity index (χ1n) is 10.3.